The molecule has 0 atom stereocenters. The Morgan fingerprint density at radius 3 is 2.17 bits per heavy atom. The highest BCUT2D eigenvalue weighted by Crippen LogP contribution is 1.97. The van der Waals surface area contributed by atoms with E-state index in [0.29, 0.717) is 12.1 Å². The molecule has 0 radical (unpaired) electrons. The number of aliphatic imine (C=N–C) groups is 1. The second-order valence-corrected chi connectivity index (χ2v) is 5.11. The average molecular weight is 432 g/mol. The molecule has 23 heavy (non-hydrogen) atoms. The second-order valence-electron chi connectivity index (χ2n) is 5.11. The normalized spacial score (nSPS) is 10.6. The van der Waals surface area contributed by atoms with Crippen molar-refractivity contribution in [2.45, 2.75) is 32.6 Å². The van der Waals surface area contributed by atoms with Crippen molar-refractivity contribution in [1.29, 1.82) is 0 Å². The van der Waals surface area contributed by atoms with Crippen molar-refractivity contribution in [3.63, 3.8) is 0 Å². The van der Waals surface area contributed by atoms with Crippen molar-refractivity contribution in [3.05, 3.63) is 35.9 Å². The quantitative estimate of drug-likeness (QED) is 0.243. The molecule has 0 unspecified atom stereocenters. The van der Waals surface area contributed by atoms with Gasteiger partial charge in [-0.15, -0.1) is 24.0 Å². The molecule has 0 aromatic heterocycles. The fourth-order valence-corrected chi connectivity index (χ4v) is 1.99. The van der Waals surface area contributed by atoms with Crippen molar-refractivity contribution >= 4 is 35.8 Å². The first-order valence-electron chi connectivity index (χ1n) is 8.05. The summed E-state index contributed by atoms with van der Waals surface area (Å²) in [5.41, 5.74) is 0.698. The lowest BCUT2D eigenvalue weighted by atomic mass is 10.2. The summed E-state index contributed by atoms with van der Waals surface area (Å²) in [4.78, 5) is 16.0. The summed E-state index contributed by atoms with van der Waals surface area (Å²) in [6.07, 6.45) is 4.46. The maximum absolute atomic E-state index is 11.8. The summed E-state index contributed by atoms with van der Waals surface area (Å²) < 4.78 is 0. The molecule has 1 aromatic carbocycles. The molecule has 5 nitrogen and oxygen atoms in total. The first kappa shape index (κ1) is 21.7. The van der Waals surface area contributed by atoms with Crippen LogP contribution in [0.25, 0.3) is 0 Å². The third-order valence-electron chi connectivity index (χ3n) is 3.26. The second kappa shape index (κ2) is 14.3. The number of nitrogens with zero attached hydrogens (tertiary/aromatic N) is 1. The van der Waals surface area contributed by atoms with Crippen LogP contribution in [0.4, 0.5) is 0 Å². The SMILES string of the molecule is CCCCCNC(=NC)NCCCNC(=O)c1ccccc1.I. The minimum Gasteiger partial charge on any atom is -0.356 e. The predicted molar refractivity (Wildman–Crippen MR) is 108 cm³/mol. The van der Waals surface area contributed by atoms with Crippen LogP contribution in [0.3, 0.4) is 0 Å². The Hall–Kier alpha value is -1.31. The molecule has 1 aromatic rings. The van der Waals surface area contributed by atoms with Crippen LogP contribution in [0.1, 0.15) is 43.0 Å². The smallest absolute Gasteiger partial charge is 0.251 e. The molecule has 0 aliphatic carbocycles. The average Bonchev–Trinajstić information content (AvgIpc) is 2.57. The molecule has 1 rings (SSSR count). The third kappa shape index (κ3) is 10.1. The largest absolute Gasteiger partial charge is 0.356 e. The fourth-order valence-electron chi connectivity index (χ4n) is 1.99. The fraction of sp³-hybridized carbons (Fsp3) is 0.529. The number of amides is 1. The predicted octanol–water partition coefficient (Wildman–Crippen LogP) is 2.78. The molecule has 0 fully saturated rings. The Bertz CT molecular complexity index is 451. The van der Waals surface area contributed by atoms with Crippen molar-refractivity contribution in [1.82, 2.24) is 16.0 Å². The summed E-state index contributed by atoms with van der Waals surface area (Å²) >= 11 is 0. The molecule has 0 aliphatic rings. The Kier molecular flexibility index (Phi) is 13.5. The van der Waals surface area contributed by atoms with E-state index in [0.717, 1.165) is 31.9 Å². The highest BCUT2D eigenvalue weighted by Gasteiger charge is 2.02. The first-order chi connectivity index (χ1) is 10.8. The highest BCUT2D eigenvalue weighted by molar-refractivity contribution is 14.0. The van der Waals surface area contributed by atoms with Crippen molar-refractivity contribution in [3.8, 4) is 0 Å². The monoisotopic (exact) mass is 432 g/mol. The molecule has 130 valence electrons. The van der Waals surface area contributed by atoms with E-state index in [2.05, 4.69) is 27.9 Å². The minimum absolute atomic E-state index is 0. The zero-order chi connectivity index (χ0) is 16.0. The van der Waals surface area contributed by atoms with Gasteiger partial charge in [-0.1, -0.05) is 38.0 Å². The van der Waals surface area contributed by atoms with Gasteiger partial charge in [0.15, 0.2) is 5.96 Å². The van der Waals surface area contributed by atoms with Crippen molar-refractivity contribution < 1.29 is 4.79 Å². The van der Waals surface area contributed by atoms with Crippen LogP contribution in [0.15, 0.2) is 35.3 Å². The van der Waals surface area contributed by atoms with Gasteiger partial charge in [0.05, 0.1) is 0 Å². The van der Waals surface area contributed by atoms with Crippen LogP contribution in [0, 0.1) is 0 Å². The van der Waals surface area contributed by atoms with Gasteiger partial charge >= 0.3 is 0 Å². The van der Waals surface area contributed by atoms with Gasteiger partial charge in [-0.2, -0.15) is 0 Å². The Morgan fingerprint density at radius 1 is 0.957 bits per heavy atom. The molecule has 1 amide bonds. The lowest BCUT2D eigenvalue weighted by Crippen LogP contribution is -2.39. The van der Waals surface area contributed by atoms with E-state index in [-0.39, 0.29) is 29.9 Å². The third-order valence-corrected chi connectivity index (χ3v) is 3.26. The standard InChI is InChI=1S/C17H28N4O.HI/c1-3-4-8-12-20-17(18-2)21-14-9-13-19-16(22)15-10-6-5-7-11-15;/h5-7,10-11H,3-4,8-9,12-14H2,1-2H3,(H,19,22)(H2,18,20,21);1H. The van der Waals surface area contributed by atoms with Gasteiger partial charge in [0.2, 0.25) is 0 Å². The van der Waals surface area contributed by atoms with E-state index in [1.807, 2.05) is 30.3 Å². The van der Waals surface area contributed by atoms with Crippen LogP contribution in [0.2, 0.25) is 0 Å². The number of carbonyl (C=O) groups excluding carboxylic acids is 1. The number of halogens is 1. The van der Waals surface area contributed by atoms with Gasteiger partial charge in [0, 0.05) is 32.2 Å². The van der Waals surface area contributed by atoms with Gasteiger partial charge in [0.1, 0.15) is 0 Å². The van der Waals surface area contributed by atoms with E-state index < -0.39 is 0 Å². The minimum atomic E-state index is -0.0253. The number of hydrogen-bond donors (Lipinski definition) is 3. The van der Waals surface area contributed by atoms with Crippen LogP contribution in [0.5, 0.6) is 0 Å². The Labute approximate surface area is 156 Å². The number of nitrogens with one attached hydrogen (secondary N) is 3. The topological polar surface area (TPSA) is 65.5 Å². The molecule has 6 heteroatoms. The maximum atomic E-state index is 11.8. The van der Waals surface area contributed by atoms with Gasteiger partial charge < -0.3 is 16.0 Å². The molecule has 0 aliphatic heterocycles. The van der Waals surface area contributed by atoms with Crippen LogP contribution in [-0.4, -0.2) is 38.5 Å². The molecular weight excluding hydrogens is 403 g/mol. The lowest BCUT2D eigenvalue weighted by Gasteiger charge is -2.12. The Balaban J connectivity index is 0.00000484. The molecule has 0 saturated carbocycles. The lowest BCUT2D eigenvalue weighted by molar-refractivity contribution is 0.0953. The number of benzene rings is 1. The number of hydrogen-bond acceptors (Lipinski definition) is 2. The molecule has 3 N–H and O–H groups in total. The van der Waals surface area contributed by atoms with Crippen LogP contribution >= 0.6 is 24.0 Å². The van der Waals surface area contributed by atoms with Gasteiger partial charge in [0.25, 0.3) is 5.91 Å². The number of carbonyl (C=O) groups is 1. The van der Waals surface area contributed by atoms with Gasteiger partial charge in [-0.25, -0.2) is 0 Å². The van der Waals surface area contributed by atoms with E-state index >= 15 is 0 Å². The molecule has 0 saturated heterocycles. The first-order valence-corrected chi connectivity index (χ1v) is 8.05. The van der Waals surface area contributed by atoms with Crippen LogP contribution < -0.4 is 16.0 Å². The van der Waals surface area contributed by atoms with E-state index in [9.17, 15) is 4.79 Å². The summed E-state index contributed by atoms with van der Waals surface area (Å²) in [5.74, 6) is 0.799. The van der Waals surface area contributed by atoms with Crippen molar-refractivity contribution in [2.24, 2.45) is 4.99 Å². The van der Waals surface area contributed by atoms with E-state index in [4.69, 9.17) is 0 Å². The number of guanidine groups is 1. The number of rotatable bonds is 9. The molecule has 0 spiro atoms. The van der Waals surface area contributed by atoms with Gasteiger partial charge in [-0.3, -0.25) is 9.79 Å². The van der Waals surface area contributed by atoms with Crippen molar-refractivity contribution in [2.75, 3.05) is 26.7 Å². The highest BCUT2D eigenvalue weighted by atomic mass is 127. The summed E-state index contributed by atoms with van der Waals surface area (Å²) in [7, 11) is 1.77. The maximum Gasteiger partial charge on any atom is 0.251 e. The molecule has 0 heterocycles. The summed E-state index contributed by atoms with van der Waals surface area (Å²) in [5, 5.41) is 9.44. The van der Waals surface area contributed by atoms with Crippen LogP contribution in [-0.2, 0) is 0 Å². The summed E-state index contributed by atoms with van der Waals surface area (Å²) in [6.45, 7) is 4.56. The van der Waals surface area contributed by atoms with Gasteiger partial charge in [-0.05, 0) is 25.0 Å². The molecular formula is C17H29IN4O. The van der Waals surface area contributed by atoms with E-state index in [1.165, 1.54) is 12.8 Å². The zero-order valence-electron chi connectivity index (χ0n) is 14.1. The Morgan fingerprint density at radius 2 is 1.57 bits per heavy atom. The number of unbranched alkanes of at least 4 members (excludes halogenated alkanes) is 2. The zero-order valence-corrected chi connectivity index (χ0v) is 16.4. The van der Waals surface area contributed by atoms with E-state index in [1.54, 1.807) is 7.05 Å². The summed E-state index contributed by atoms with van der Waals surface area (Å²) in [6, 6.07) is 9.26. The molecule has 0 bridgehead atoms.